The molecular formula is C18H23ClN2O2. The molecule has 2 unspecified atom stereocenters. The van der Waals surface area contributed by atoms with Gasteiger partial charge in [0.2, 0.25) is 11.8 Å². The van der Waals surface area contributed by atoms with Crippen molar-refractivity contribution in [1.82, 2.24) is 10.2 Å². The lowest BCUT2D eigenvalue weighted by atomic mass is 9.96. The van der Waals surface area contributed by atoms with Crippen molar-refractivity contribution in [3.63, 3.8) is 0 Å². The van der Waals surface area contributed by atoms with E-state index in [0.29, 0.717) is 11.8 Å². The van der Waals surface area contributed by atoms with E-state index >= 15 is 0 Å². The fourth-order valence-corrected chi connectivity index (χ4v) is 3.65. The topological polar surface area (TPSA) is 49.4 Å². The van der Waals surface area contributed by atoms with Gasteiger partial charge in [-0.25, -0.2) is 0 Å². The number of benzene rings is 1. The van der Waals surface area contributed by atoms with E-state index in [0.717, 1.165) is 43.9 Å². The molecule has 23 heavy (non-hydrogen) atoms. The average molecular weight is 335 g/mol. The number of nitrogens with one attached hydrogen (secondary N) is 1. The van der Waals surface area contributed by atoms with Gasteiger partial charge in [-0.15, -0.1) is 0 Å². The summed E-state index contributed by atoms with van der Waals surface area (Å²) in [5.41, 5.74) is 1.18. The van der Waals surface area contributed by atoms with Crippen LogP contribution in [0.5, 0.6) is 0 Å². The minimum absolute atomic E-state index is 0.0193. The highest BCUT2D eigenvalue weighted by molar-refractivity contribution is 6.30. The van der Waals surface area contributed by atoms with Crippen molar-refractivity contribution >= 4 is 23.4 Å². The number of halogens is 1. The van der Waals surface area contributed by atoms with E-state index in [1.54, 1.807) is 6.92 Å². The second-order valence-corrected chi connectivity index (χ2v) is 7.15. The Bertz CT molecular complexity index is 596. The Hall–Kier alpha value is -1.55. The number of carbonyl (C=O) groups is 2. The Labute approximate surface area is 142 Å². The van der Waals surface area contributed by atoms with Gasteiger partial charge >= 0.3 is 0 Å². The van der Waals surface area contributed by atoms with Gasteiger partial charge in [-0.1, -0.05) is 23.7 Å². The summed E-state index contributed by atoms with van der Waals surface area (Å²) in [6.45, 7) is 3.89. The zero-order chi connectivity index (χ0) is 16.4. The molecule has 0 bridgehead atoms. The van der Waals surface area contributed by atoms with Gasteiger partial charge in [-0.3, -0.25) is 9.59 Å². The number of amides is 2. The lowest BCUT2D eigenvalue weighted by Gasteiger charge is -2.32. The van der Waals surface area contributed by atoms with Crippen LogP contribution in [-0.4, -0.2) is 36.3 Å². The third-order valence-corrected chi connectivity index (χ3v) is 5.19. The van der Waals surface area contributed by atoms with E-state index in [-0.39, 0.29) is 17.7 Å². The first-order valence-corrected chi connectivity index (χ1v) is 8.71. The molecule has 2 aliphatic rings. The molecule has 0 spiro atoms. The quantitative estimate of drug-likeness (QED) is 0.920. The maximum absolute atomic E-state index is 12.6. The third kappa shape index (κ3) is 4.05. The predicted molar refractivity (Wildman–Crippen MR) is 90.3 cm³/mol. The van der Waals surface area contributed by atoms with Gasteiger partial charge in [0.25, 0.3) is 0 Å². The number of carbonyl (C=O) groups excluding carboxylic acids is 2. The average Bonchev–Trinajstić information content (AvgIpc) is 3.33. The zero-order valence-corrected chi connectivity index (χ0v) is 14.2. The number of hydrogen-bond acceptors (Lipinski definition) is 2. The van der Waals surface area contributed by atoms with E-state index in [4.69, 9.17) is 11.6 Å². The van der Waals surface area contributed by atoms with Gasteiger partial charge in [0.15, 0.2) is 0 Å². The van der Waals surface area contributed by atoms with Crippen LogP contribution in [-0.2, 0) is 9.59 Å². The van der Waals surface area contributed by atoms with Crippen molar-refractivity contribution in [2.75, 3.05) is 19.6 Å². The maximum Gasteiger partial charge on any atom is 0.226 e. The Balaban J connectivity index is 1.48. The molecule has 2 atom stereocenters. The molecule has 124 valence electrons. The normalized spacial score (nSPS) is 24.3. The molecule has 0 radical (unpaired) electrons. The summed E-state index contributed by atoms with van der Waals surface area (Å²) < 4.78 is 0. The molecule has 1 aromatic rings. The summed E-state index contributed by atoms with van der Waals surface area (Å²) in [4.78, 5) is 25.6. The van der Waals surface area contributed by atoms with Crippen molar-refractivity contribution < 1.29 is 9.59 Å². The fourth-order valence-electron chi connectivity index (χ4n) is 3.45. The Morgan fingerprint density at radius 2 is 2.04 bits per heavy atom. The Morgan fingerprint density at radius 3 is 2.70 bits per heavy atom. The summed E-state index contributed by atoms with van der Waals surface area (Å²) in [7, 11) is 0. The van der Waals surface area contributed by atoms with Crippen molar-refractivity contribution in [2.24, 2.45) is 11.8 Å². The first-order chi connectivity index (χ1) is 11.0. The van der Waals surface area contributed by atoms with E-state index in [9.17, 15) is 9.59 Å². The van der Waals surface area contributed by atoms with Gasteiger partial charge in [-0.05, 0) is 48.8 Å². The highest BCUT2D eigenvalue weighted by atomic mass is 35.5. The summed E-state index contributed by atoms with van der Waals surface area (Å²) in [5, 5.41) is 3.61. The number of likely N-dealkylation sites (tertiary alicyclic amines) is 1. The smallest absolute Gasteiger partial charge is 0.226 e. The molecule has 0 aromatic heterocycles. The molecule has 1 heterocycles. The van der Waals surface area contributed by atoms with E-state index < -0.39 is 0 Å². The Morgan fingerprint density at radius 1 is 1.30 bits per heavy atom. The minimum Gasteiger partial charge on any atom is -0.356 e. The van der Waals surface area contributed by atoms with Gasteiger partial charge in [0, 0.05) is 37.5 Å². The van der Waals surface area contributed by atoms with Crippen molar-refractivity contribution in [3.8, 4) is 0 Å². The van der Waals surface area contributed by atoms with Gasteiger partial charge in [0.1, 0.15) is 0 Å². The SMILES string of the molecule is CC(=O)NCC1CCN(C(=O)C2CC2c2cccc(Cl)c2)CC1. The number of hydrogen-bond donors (Lipinski definition) is 1. The molecule has 1 saturated heterocycles. The molecule has 1 aromatic carbocycles. The van der Waals surface area contributed by atoms with Crippen LogP contribution in [0.1, 0.15) is 37.7 Å². The van der Waals surface area contributed by atoms with Crippen LogP contribution in [0.2, 0.25) is 5.02 Å². The van der Waals surface area contributed by atoms with E-state index in [1.165, 1.54) is 5.56 Å². The van der Waals surface area contributed by atoms with Crippen LogP contribution in [0.15, 0.2) is 24.3 Å². The summed E-state index contributed by atoms with van der Waals surface area (Å²) in [6, 6.07) is 7.85. The second-order valence-electron chi connectivity index (χ2n) is 6.71. The molecule has 4 nitrogen and oxygen atoms in total. The fraction of sp³-hybridized carbons (Fsp3) is 0.556. The molecule has 2 fully saturated rings. The molecule has 1 aliphatic heterocycles. The first-order valence-electron chi connectivity index (χ1n) is 8.33. The standard InChI is InChI=1S/C18H23ClN2O2/c1-12(22)20-11-13-5-7-21(8-6-13)18(23)17-10-16(17)14-3-2-4-15(19)9-14/h2-4,9,13,16-17H,5-8,10-11H2,1H3,(H,20,22). The monoisotopic (exact) mass is 334 g/mol. The van der Waals surface area contributed by atoms with Gasteiger partial charge < -0.3 is 10.2 Å². The molecule has 1 saturated carbocycles. The molecule has 1 aliphatic carbocycles. The highest BCUT2D eigenvalue weighted by Gasteiger charge is 2.46. The number of rotatable bonds is 4. The van der Waals surface area contributed by atoms with Crippen LogP contribution in [0.4, 0.5) is 0 Å². The number of nitrogens with zero attached hydrogens (tertiary/aromatic N) is 1. The van der Waals surface area contributed by atoms with Gasteiger partial charge in [-0.2, -0.15) is 0 Å². The summed E-state index contributed by atoms with van der Waals surface area (Å²) >= 11 is 6.04. The van der Waals surface area contributed by atoms with Crippen molar-refractivity contribution in [2.45, 2.75) is 32.1 Å². The van der Waals surface area contributed by atoms with Crippen LogP contribution >= 0.6 is 11.6 Å². The van der Waals surface area contributed by atoms with Crippen LogP contribution in [0.25, 0.3) is 0 Å². The predicted octanol–water partition coefficient (Wildman–Crippen LogP) is 2.82. The zero-order valence-electron chi connectivity index (χ0n) is 13.4. The summed E-state index contributed by atoms with van der Waals surface area (Å²) in [6.07, 6.45) is 2.88. The highest BCUT2D eigenvalue weighted by Crippen LogP contribution is 2.49. The van der Waals surface area contributed by atoms with Crippen LogP contribution in [0.3, 0.4) is 0 Å². The Kier molecular flexibility index (Phi) is 4.90. The molecule has 5 heteroatoms. The lowest BCUT2D eigenvalue weighted by molar-refractivity contribution is -0.134. The first kappa shape index (κ1) is 16.3. The third-order valence-electron chi connectivity index (χ3n) is 4.95. The van der Waals surface area contributed by atoms with E-state index in [2.05, 4.69) is 11.4 Å². The number of piperidine rings is 1. The van der Waals surface area contributed by atoms with Gasteiger partial charge in [0.05, 0.1) is 0 Å². The van der Waals surface area contributed by atoms with Crippen LogP contribution < -0.4 is 5.32 Å². The lowest BCUT2D eigenvalue weighted by Crippen LogP contribution is -2.42. The largest absolute Gasteiger partial charge is 0.356 e. The molecule has 1 N–H and O–H groups in total. The molecular weight excluding hydrogens is 312 g/mol. The summed E-state index contributed by atoms with van der Waals surface area (Å²) in [5.74, 6) is 1.25. The van der Waals surface area contributed by atoms with Crippen LogP contribution in [0, 0.1) is 11.8 Å². The molecule has 2 amide bonds. The second kappa shape index (κ2) is 6.91. The molecule has 3 rings (SSSR count). The van der Waals surface area contributed by atoms with Crippen molar-refractivity contribution in [3.05, 3.63) is 34.9 Å². The van der Waals surface area contributed by atoms with Crippen molar-refractivity contribution in [1.29, 1.82) is 0 Å². The maximum atomic E-state index is 12.6. The van der Waals surface area contributed by atoms with E-state index in [1.807, 2.05) is 23.1 Å². The minimum atomic E-state index is 0.0193.